The quantitative estimate of drug-likeness (QED) is 0.351. The first-order valence-corrected chi connectivity index (χ1v) is 5.74. The number of alkyl halides is 11. The molecule has 0 aliphatic rings. The van der Waals surface area contributed by atoms with Crippen molar-refractivity contribution in [2.45, 2.75) is 33.9 Å². The molecule has 0 heterocycles. The van der Waals surface area contributed by atoms with Crippen LogP contribution in [0, 0.1) is 0 Å². The van der Waals surface area contributed by atoms with E-state index >= 15 is 0 Å². The fourth-order valence-electron chi connectivity index (χ4n) is 1.05. The Kier molecular flexibility index (Phi) is 6.00. The van der Waals surface area contributed by atoms with Gasteiger partial charge in [0.2, 0.25) is 5.83 Å². The zero-order valence-corrected chi connectivity index (χ0v) is 11.8. The summed E-state index contributed by atoms with van der Waals surface area (Å²) < 4.78 is 136. The van der Waals surface area contributed by atoms with E-state index in [1.165, 1.54) is 0 Å². The van der Waals surface area contributed by atoms with Gasteiger partial charge in [-0.05, 0) is 0 Å². The highest BCUT2D eigenvalue weighted by Crippen LogP contribution is 2.58. The molecular formula is C8H2Cl3F11. The van der Waals surface area contributed by atoms with Gasteiger partial charge >= 0.3 is 29.0 Å². The predicted molar refractivity (Wildman–Crippen MR) is 55.0 cm³/mol. The Morgan fingerprint density at radius 3 is 1.36 bits per heavy atom. The lowest BCUT2D eigenvalue weighted by molar-refractivity contribution is -0.288. The number of hydrogen-bond acceptors (Lipinski definition) is 0. The highest BCUT2D eigenvalue weighted by atomic mass is 35.5. The summed E-state index contributed by atoms with van der Waals surface area (Å²) in [6, 6.07) is 0. The molecule has 0 saturated heterocycles. The van der Waals surface area contributed by atoms with Gasteiger partial charge in [0.25, 0.3) is 4.59 Å². The van der Waals surface area contributed by atoms with Gasteiger partial charge in [0.1, 0.15) is 0 Å². The molecule has 0 bridgehead atoms. The zero-order chi connectivity index (χ0) is 18.4. The van der Waals surface area contributed by atoms with Crippen molar-refractivity contribution in [3.05, 3.63) is 11.9 Å². The van der Waals surface area contributed by atoms with Crippen molar-refractivity contribution in [2.75, 3.05) is 0 Å². The number of rotatable bonds is 6. The normalized spacial score (nSPS) is 17.2. The number of allylic oxidation sites excluding steroid dienone is 1. The van der Waals surface area contributed by atoms with Crippen LogP contribution in [0.1, 0.15) is 6.42 Å². The van der Waals surface area contributed by atoms with Crippen LogP contribution in [0.25, 0.3) is 0 Å². The maximum atomic E-state index is 13.4. The molecule has 0 nitrogen and oxygen atoms in total. The standard InChI is InChI=1S/C8H2Cl3F11/c9-5(10,17)1-4(15,16)7(11,20)8(21,22)6(18,19)2(12)3(13)14/h1H2. The molecule has 0 aliphatic carbocycles. The minimum Gasteiger partial charge on any atom is -0.212 e. The number of hydrogen-bond donors (Lipinski definition) is 0. The Morgan fingerprint density at radius 2 is 1.09 bits per heavy atom. The second kappa shape index (κ2) is 6.04. The molecule has 0 rings (SSSR count). The van der Waals surface area contributed by atoms with E-state index in [9.17, 15) is 48.3 Å². The van der Waals surface area contributed by atoms with E-state index in [1.807, 2.05) is 0 Å². The van der Waals surface area contributed by atoms with Gasteiger partial charge in [-0.3, -0.25) is 0 Å². The summed E-state index contributed by atoms with van der Waals surface area (Å²) in [4.78, 5) is 0. The second-order valence-corrected chi connectivity index (χ2v) is 5.71. The van der Waals surface area contributed by atoms with Crippen LogP contribution in [0.15, 0.2) is 11.9 Å². The van der Waals surface area contributed by atoms with E-state index in [1.54, 1.807) is 0 Å². The third kappa shape index (κ3) is 3.84. The Morgan fingerprint density at radius 1 is 0.727 bits per heavy atom. The SMILES string of the molecule is FC(F)=C(F)C(F)(F)C(F)(F)C(F)(Cl)C(F)(F)CC(F)(Cl)Cl. The molecule has 1 atom stereocenters. The molecule has 0 aromatic heterocycles. The van der Waals surface area contributed by atoms with Crippen LogP contribution < -0.4 is 0 Å². The van der Waals surface area contributed by atoms with Gasteiger partial charge in [0, 0.05) is 0 Å². The Hall–Kier alpha value is -0.160. The van der Waals surface area contributed by atoms with Crippen LogP contribution >= 0.6 is 34.8 Å². The lowest BCUT2D eigenvalue weighted by Gasteiger charge is -2.37. The third-order valence-electron chi connectivity index (χ3n) is 2.11. The van der Waals surface area contributed by atoms with Crippen molar-refractivity contribution in [2.24, 2.45) is 0 Å². The van der Waals surface area contributed by atoms with E-state index in [4.69, 9.17) is 0 Å². The van der Waals surface area contributed by atoms with Crippen molar-refractivity contribution >= 4 is 34.8 Å². The fraction of sp³-hybridized carbons (Fsp3) is 0.750. The van der Waals surface area contributed by atoms with Gasteiger partial charge < -0.3 is 0 Å². The maximum absolute atomic E-state index is 13.4. The Balaban J connectivity index is 6.02. The monoisotopic (exact) mass is 412 g/mol. The van der Waals surface area contributed by atoms with Crippen molar-refractivity contribution in [3.63, 3.8) is 0 Å². The molecule has 132 valence electrons. The third-order valence-corrected chi connectivity index (χ3v) is 2.89. The van der Waals surface area contributed by atoms with E-state index in [2.05, 4.69) is 34.8 Å². The average molecular weight is 413 g/mol. The molecule has 0 N–H and O–H groups in total. The van der Waals surface area contributed by atoms with Crippen LogP contribution in [-0.4, -0.2) is 27.5 Å². The van der Waals surface area contributed by atoms with Gasteiger partial charge in [-0.1, -0.05) is 34.8 Å². The summed E-state index contributed by atoms with van der Waals surface area (Å²) in [5.41, 5.74) is 0. The van der Waals surface area contributed by atoms with Gasteiger partial charge in [-0.2, -0.15) is 30.7 Å². The molecule has 0 fully saturated rings. The molecule has 0 aliphatic heterocycles. The first-order chi connectivity index (χ1) is 9.31. The predicted octanol–water partition coefficient (Wildman–Crippen LogP) is 6.37. The molecule has 0 radical (unpaired) electrons. The molecule has 0 aromatic rings. The Bertz CT molecular complexity index is 447. The molecule has 14 heteroatoms. The van der Waals surface area contributed by atoms with E-state index in [0.29, 0.717) is 0 Å². The van der Waals surface area contributed by atoms with Crippen LogP contribution in [0.3, 0.4) is 0 Å². The summed E-state index contributed by atoms with van der Waals surface area (Å²) in [6.45, 7) is 0. The van der Waals surface area contributed by atoms with Crippen LogP contribution in [0.5, 0.6) is 0 Å². The van der Waals surface area contributed by atoms with Gasteiger partial charge in [-0.25, -0.2) is 17.6 Å². The van der Waals surface area contributed by atoms with Gasteiger partial charge in [0.05, 0.1) is 6.42 Å². The summed E-state index contributed by atoms with van der Waals surface area (Å²) in [7, 11) is 0. The van der Waals surface area contributed by atoms with Crippen molar-refractivity contribution in [1.82, 2.24) is 0 Å². The summed E-state index contributed by atoms with van der Waals surface area (Å²) in [5.74, 6) is -23.8. The van der Waals surface area contributed by atoms with E-state index in [0.717, 1.165) is 0 Å². The van der Waals surface area contributed by atoms with Crippen LogP contribution in [-0.2, 0) is 0 Å². The Labute approximate surface area is 129 Å². The number of halogens is 14. The molecular weight excluding hydrogens is 411 g/mol. The first-order valence-electron chi connectivity index (χ1n) is 4.60. The molecule has 0 saturated carbocycles. The molecule has 0 spiro atoms. The van der Waals surface area contributed by atoms with E-state index < -0.39 is 45.8 Å². The van der Waals surface area contributed by atoms with Gasteiger partial charge in [0.15, 0.2) is 0 Å². The molecule has 0 aromatic carbocycles. The first kappa shape index (κ1) is 21.8. The van der Waals surface area contributed by atoms with Crippen LogP contribution in [0.4, 0.5) is 48.3 Å². The van der Waals surface area contributed by atoms with E-state index in [-0.39, 0.29) is 0 Å². The zero-order valence-electron chi connectivity index (χ0n) is 9.50. The lowest BCUT2D eigenvalue weighted by Crippen LogP contribution is -2.62. The minimum atomic E-state index is -6.93. The minimum absolute atomic E-state index is 2.86. The largest absolute Gasteiger partial charge is 0.371 e. The summed E-state index contributed by atoms with van der Waals surface area (Å²) in [6.07, 6.45) is -6.90. The summed E-state index contributed by atoms with van der Waals surface area (Å²) >= 11 is 12.7. The van der Waals surface area contributed by atoms with Crippen molar-refractivity contribution < 1.29 is 48.3 Å². The highest BCUT2D eigenvalue weighted by Gasteiger charge is 2.81. The highest BCUT2D eigenvalue weighted by molar-refractivity contribution is 6.47. The molecule has 1 unspecified atom stereocenters. The summed E-state index contributed by atoms with van der Waals surface area (Å²) in [5, 5.41) is -6.21. The second-order valence-electron chi connectivity index (χ2n) is 3.79. The van der Waals surface area contributed by atoms with Crippen molar-refractivity contribution in [3.8, 4) is 0 Å². The van der Waals surface area contributed by atoms with Crippen LogP contribution in [0.2, 0.25) is 0 Å². The average Bonchev–Trinajstić information content (AvgIpc) is 2.23. The molecule has 0 amide bonds. The smallest absolute Gasteiger partial charge is 0.212 e. The lowest BCUT2D eigenvalue weighted by atomic mass is 9.98. The molecule has 22 heavy (non-hydrogen) atoms. The topological polar surface area (TPSA) is 0 Å². The fourth-order valence-corrected chi connectivity index (χ4v) is 1.57. The van der Waals surface area contributed by atoms with Gasteiger partial charge in [-0.15, -0.1) is 0 Å². The maximum Gasteiger partial charge on any atom is 0.371 e. The van der Waals surface area contributed by atoms with Crippen molar-refractivity contribution in [1.29, 1.82) is 0 Å².